The number of carbonyl (C=O) groups is 1. The molecule has 122 valence electrons. The number of amides is 1. The normalized spacial score (nSPS) is 19.3. The monoisotopic (exact) mass is 314 g/mol. The number of nitrogens with zero attached hydrogens (tertiary/aromatic N) is 4. The van der Waals surface area contributed by atoms with E-state index in [2.05, 4.69) is 16.9 Å². The lowest BCUT2D eigenvalue weighted by Gasteiger charge is -2.38. The molecule has 1 saturated heterocycles. The molecule has 1 aromatic heterocycles. The fourth-order valence-electron chi connectivity index (χ4n) is 3.20. The largest absolute Gasteiger partial charge is 0.336 e. The molecule has 2 aromatic rings. The number of para-hydroxylation sites is 1. The van der Waals surface area contributed by atoms with Crippen LogP contribution in [0.25, 0.3) is 10.9 Å². The maximum atomic E-state index is 12.6. The summed E-state index contributed by atoms with van der Waals surface area (Å²) < 4.78 is 1.48. The van der Waals surface area contributed by atoms with Crippen LogP contribution in [0.2, 0.25) is 0 Å². The molecule has 6 nitrogen and oxygen atoms in total. The van der Waals surface area contributed by atoms with Crippen LogP contribution in [0.15, 0.2) is 29.1 Å². The van der Waals surface area contributed by atoms with Crippen molar-refractivity contribution in [2.75, 3.05) is 26.7 Å². The van der Waals surface area contributed by atoms with Crippen molar-refractivity contribution >= 4 is 16.8 Å². The minimum absolute atomic E-state index is 0.0205. The van der Waals surface area contributed by atoms with E-state index in [1.54, 1.807) is 13.0 Å². The smallest absolute Gasteiger partial charge is 0.261 e. The number of hydrogen-bond donors (Lipinski definition) is 0. The van der Waals surface area contributed by atoms with E-state index >= 15 is 0 Å². The highest BCUT2D eigenvalue weighted by molar-refractivity contribution is 5.79. The van der Waals surface area contributed by atoms with Gasteiger partial charge in [-0.15, -0.1) is 0 Å². The molecule has 0 aliphatic carbocycles. The zero-order valence-corrected chi connectivity index (χ0v) is 13.8. The van der Waals surface area contributed by atoms with Crippen LogP contribution in [0.4, 0.5) is 0 Å². The lowest BCUT2D eigenvalue weighted by atomic mass is 10.2. The number of benzene rings is 1. The van der Waals surface area contributed by atoms with E-state index in [4.69, 9.17) is 0 Å². The summed E-state index contributed by atoms with van der Waals surface area (Å²) in [5, 5.41) is 0.553. The van der Waals surface area contributed by atoms with Crippen molar-refractivity contribution in [2.45, 2.75) is 26.4 Å². The van der Waals surface area contributed by atoms with Crippen molar-refractivity contribution in [1.29, 1.82) is 0 Å². The van der Waals surface area contributed by atoms with E-state index in [1.165, 1.54) is 4.57 Å². The molecule has 0 spiro atoms. The van der Waals surface area contributed by atoms with Gasteiger partial charge in [0.25, 0.3) is 5.56 Å². The number of carbonyl (C=O) groups excluding carboxylic acids is 1. The second kappa shape index (κ2) is 6.12. The predicted octanol–water partition coefficient (Wildman–Crippen LogP) is 0.867. The van der Waals surface area contributed by atoms with Crippen LogP contribution >= 0.6 is 0 Å². The van der Waals surface area contributed by atoms with Crippen LogP contribution < -0.4 is 5.56 Å². The molecule has 23 heavy (non-hydrogen) atoms. The fourth-order valence-corrected chi connectivity index (χ4v) is 3.20. The Balaban J connectivity index is 1.89. The van der Waals surface area contributed by atoms with Crippen LogP contribution in [-0.2, 0) is 11.3 Å². The molecule has 1 aliphatic heterocycles. The minimum atomic E-state index is -0.150. The Bertz CT molecular complexity index is 799. The molecule has 6 heteroatoms. The van der Waals surface area contributed by atoms with Crippen LogP contribution in [0.1, 0.15) is 12.7 Å². The second-order valence-corrected chi connectivity index (χ2v) is 6.27. The summed E-state index contributed by atoms with van der Waals surface area (Å²) >= 11 is 0. The summed E-state index contributed by atoms with van der Waals surface area (Å²) in [6.07, 6.45) is 0. The maximum absolute atomic E-state index is 12.6. The lowest BCUT2D eigenvalue weighted by Crippen LogP contribution is -2.54. The third-order valence-electron chi connectivity index (χ3n) is 4.50. The van der Waals surface area contributed by atoms with Crippen molar-refractivity contribution in [3.8, 4) is 0 Å². The van der Waals surface area contributed by atoms with Crippen molar-refractivity contribution in [3.05, 3.63) is 40.4 Å². The molecular weight excluding hydrogens is 292 g/mol. The Kier molecular flexibility index (Phi) is 4.17. The Morgan fingerprint density at radius 1 is 1.30 bits per heavy atom. The van der Waals surface area contributed by atoms with E-state index in [0.717, 1.165) is 13.1 Å². The third-order valence-corrected chi connectivity index (χ3v) is 4.50. The molecule has 1 aromatic carbocycles. The molecule has 2 heterocycles. The van der Waals surface area contributed by atoms with Crippen molar-refractivity contribution < 1.29 is 4.79 Å². The van der Waals surface area contributed by atoms with Crippen molar-refractivity contribution in [2.24, 2.45) is 0 Å². The maximum Gasteiger partial charge on any atom is 0.261 e. The van der Waals surface area contributed by atoms with Crippen molar-refractivity contribution in [1.82, 2.24) is 19.4 Å². The standard InChI is InChI=1S/C17H22N4O2/c1-12-10-19(3)8-9-20(12)16(22)11-21-13(2)18-15-7-5-4-6-14(15)17(21)23/h4-7,12H,8-11H2,1-3H3/t12-/m1/s1. The third kappa shape index (κ3) is 2.99. The number of hydrogen-bond acceptors (Lipinski definition) is 4. The highest BCUT2D eigenvalue weighted by Crippen LogP contribution is 2.11. The van der Waals surface area contributed by atoms with Gasteiger partial charge in [0.1, 0.15) is 12.4 Å². The Hall–Kier alpha value is -2.21. The van der Waals surface area contributed by atoms with Gasteiger partial charge in [-0.3, -0.25) is 14.2 Å². The van der Waals surface area contributed by atoms with Gasteiger partial charge in [-0.2, -0.15) is 0 Å². The van der Waals surface area contributed by atoms with Crippen LogP contribution in [0.3, 0.4) is 0 Å². The first-order chi connectivity index (χ1) is 11.0. The number of rotatable bonds is 2. The van der Waals surface area contributed by atoms with Gasteiger partial charge >= 0.3 is 0 Å². The molecule has 1 fully saturated rings. The number of aryl methyl sites for hydroxylation is 1. The van der Waals surface area contributed by atoms with Gasteiger partial charge < -0.3 is 9.80 Å². The molecule has 0 N–H and O–H groups in total. The zero-order valence-electron chi connectivity index (χ0n) is 13.8. The van der Waals surface area contributed by atoms with E-state index in [0.29, 0.717) is 23.3 Å². The first-order valence-corrected chi connectivity index (χ1v) is 7.91. The van der Waals surface area contributed by atoms with Crippen LogP contribution in [-0.4, -0.2) is 58.0 Å². The molecule has 0 unspecified atom stereocenters. The van der Waals surface area contributed by atoms with Crippen molar-refractivity contribution in [3.63, 3.8) is 0 Å². The second-order valence-electron chi connectivity index (χ2n) is 6.27. The van der Waals surface area contributed by atoms with Crippen LogP contribution in [0, 0.1) is 6.92 Å². The first-order valence-electron chi connectivity index (χ1n) is 7.91. The predicted molar refractivity (Wildman–Crippen MR) is 89.4 cm³/mol. The van der Waals surface area contributed by atoms with Crippen LogP contribution in [0.5, 0.6) is 0 Å². The van der Waals surface area contributed by atoms with E-state index in [-0.39, 0.29) is 24.1 Å². The first kappa shape index (κ1) is 15.7. The highest BCUT2D eigenvalue weighted by Gasteiger charge is 2.26. The SMILES string of the molecule is Cc1nc2ccccc2c(=O)n1CC(=O)N1CCN(C)C[C@H]1C. The summed E-state index contributed by atoms with van der Waals surface area (Å²) in [4.78, 5) is 33.8. The zero-order chi connectivity index (χ0) is 16.6. The molecule has 3 rings (SSSR count). The minimum Gasteiger partial charge on any atom is -0.336 e. The topological polar surface area (TPSA) is 58.4 Å². The van der Waals surface area contributed by atoms with E-state index in [9.17, 15) is 9.59 Å². The summed E-state index contributed by atoms with van der Waals surface area (Å²) in [5.74, 6) is 0.553. The van der Waals surface area contributed by atoms with E-state index in [1.807, 2.05) is 30.0 Å². The van der Waals surface area contributed by atoms with Gasteiger partial charge in [0.05, 0.1) is 10.9 Å². The van der Waals surface area contributed by atoms with Gasteiger partial charge in [0.2, 0.25) is 5.91 Å². The number of likely N-dealkylation sites (N-methyl/N-ethyl adjacent to an activating group) is 1. The van der Waals surface area contributed by atoms with Gasteiger partial charge in [0.15, 0.2) is 0 Å². The molecule has 0 bridgehead atoms. The Labute approximate surface area is 135 Å². The molecule has 0 radical (unpaired) electrons. The molecule has 1 aliphatic rings. The number of fused-ring (bicyclic) bond motifs is 1. The Morgan fingerprint density at radius 3 is 2.78 bits per heavy atom. The van der Waals surface area contributed by atoms with Gasteiger partial charge in [-0.05, 0) is 33.0 Å². The molecular formula is C17H22N4O2. The average molecular weight is 314 g/mol. The molecule has 1 amide bonds. The van der Waals surface area contributed by atoms with Gasteiger partial charge in [-0.25, -0.2) is 4.98 Å². The quantitative estimate of drug-likeness (QED) is 0.825. The lowest BCUT2D eigenvalue weighted by molar-refractivity contribution is -0.136. The van der Waals surface area contributed by atoms with Gasteiger partial charge in [-0.1, -0.05) is 12.1 Å². The molecule has 1 atom stereocenters. The summed E-state index contributed by atoms with van der Waals surface area (Å²) in [6.45, 7) is 6.29. The average Bonchev–Trinajstić information content (AvgIpc) is 2.51. The number of piperazine rings is 1. The summed E-state index contributed by atoms with van der Waals surface area (Å²) in [6, 6.07) is 7.40. The van der Waals surface area contributed by atoms with E-state index < -0.39 is 0 Å². The van der Waals surface area contributed by atoms with Gasteiger partial charge in [0, 0.05) is 25.7 Å². The molecule has 0 saturated carbocycles. The fraction of sp³-hybridized carbons (Fsp3) is 0.471. The summed E-state index contributed by atoms with van der Waals surface area (Å²) in [5.41, 5.74) is 0.523. The Morgan fingerprint density at radius 2 is 2.04 bits per heavy atom. The number of aromatic nitrogens is 2. The summed E-state index contributed by atoms with van der Waals surface area (Å²) in [7, 11) is 2.06. The highest BCUT2D eigenvalue weighted by atomic mass is 16.2.